The SMILES string of the molecule is O=C1CCN2CC[C@H]3C4C=C5CCCCCC[C@@H]1[C@H]2[C@H]3CCCCC/C=C\CCCN(C5)C4. The van der Waals surface area contributed by atoms with Crippen molar-refractivity contribution in [3.63, 3.8) is 0 Å². The maximum Gasteiger partial charge on any atom is 0.138 e. The molecule has 5 rings (SSSR count). The highest BCUT2D eigenvalue weighted by molar-refractivity contribution is 5.82. The van der Waals surface area contributed by atoms with E-state index in [4.69, 9.17) is 0 Å². The highest BCUT2D eigenvalue weighted by atomic mass is 16.1. The van der Waals surface area contributed by atoms with Crippen molar-refractivity contribution in [3.8, 4) is 0 Å². The molecular weight excluding hydrogens is 404 g/mol. The lowest BCUT2D eigenvalue weighted by molar-refractivity contribution is -0.135. The Morgan fingerprint density at radius 1 is 0.727 bits per heavy atom. The second-order valence-electron chi connectivity index (χ2n) is 11.9. The Hall–Kier alpha value is -0.930. The van der Waals surface area contributed by atoms with Gasteiger partial charge in [-0.2, -0.15) is 0 Å². The normalized spacial score (nSPS) is 40.5. The van der Waals surface area contributed by atoms with Gasteiger partial charge in [0, 0.05) is 38.0 Å². The molecule has 4 heterocycles. The summed E-state index contributed by atoms with van der Waals surface area (Å²) in [5.41, 5.74) is 1.74. The number of hydrogen-bond acceptors (Lipinski definition) is 3. The average molecular weight is 453 g/mol. The van der Waals surface area contributed by atoms with Crippen LogP contribution in [0.25, 0.3) is 0 Å². The van der Waals surface area contributed by atoms with Gasteiger partial charge in [0.2, 0.25) is 0 Å². The quantitative estimate of drug-likeness (QED) is 0.398. The van der Waals surface area contributed by atoms with Crippen LogP contribution in [0.5, 0.6) is 0 Å². The highest BCUT2D eigenvalue weighted by Crippen LogP contribution is 2.45. The Balaban J connectivity index is 1.47. The van der Waals surface area contributed by atoms with E-state index in [-0.39, 0.29) is 0 Å². The first kappa shape index (κ1) is 23.8. The lowest BCUT2D eigenvalue weighted by Crippen LogP contribution is -2.59. The molecule has 0 aromatic carbocycles. The summed E-state index contributed by atoms with van der Waals surface area (Å²) in [6.07, 6.45) is 26.7. The maximum atomic E-state index is 13.3. The third-order valence-electron chi connectivity index (χ3n) is 9.71. The number of carbonyl (C=O) groups is 1. The molecule has 2 unspecified atom stereocenters. The minimum absolute atomic E-state index is 0.320. The van der Waals surface area contributed by atoms with Crippen molar-refractivity contribution in [3.05, 3.63) is 23.8 Å². The molecular formula is C30H48N2O. The van der Waals surface area contributed by atoms with Gasteiger partial charge in [0.15, 0.2) is 0 Å². The van der Waals surface area contributed by atoms with Crippen molar-refractivity contribution < 1.29 is 4.79 Å². The fourth-order valence-electron chi connectivity index (χ4n) is 8.10. The van der Waals surface area contributed by atoms with Gasteiger partial charge in [-0.05, 0) is 88.6 Å². The maximum absolute atomic E-state index is 13.3. The van der Waals surface area contributed by atoms with Crippen LogP contribution in [0.3, 0.4) is 0 Å². The Morgan fingerprint density at radius 3 is 2.48 bits per heavy atom. The zero-order valence-electron chi connectivity index (χ0n) is 21.1. The monoisotopic (exact) mass is 452 g/mol. The summed E-state index contributed by atoms with van der Waals surface area (Å²) >= 11 is 0. The first-order chi connectivity index (χ1) is 16.3. The fourth-order valence-corrected chi connectivity index (χ4v) is 8.10. The molecule has 5 aliphatic rings. The number of Topliss-reactive ketones (excluding diaryl/α,β-unsaturated/α-hetero) is 1. The Labute approximate surface area is 203 Å². The molecule has 0 saturated carbocycles. The van der Waals surface area contributed by atoms with Gasteiger partial charge in [-0.25, -0.2) is 0 Å². The number of piperidine rings is 2. The molecule has 0 N–H and O–H groups in total. The number of fused-ring (bicyclic) bond motifs is 1. The number of nitrogens with zero attached hydrogens (tertiary/aromatic N) is 2. The molecule has 0 amide bonds. The minimum atomic E-state index is 0.320. The summed E-state index contributed by atoms with van der Waals surface area (Å²) in [6.45, 7) is 6.01. The topological polar surface area (TPSA) is 23.6 Å². The van der Waals surface area contributed by atoms with Crippen molar-refractivity contribution in [2.24, 2.45) is 23.7 Å². The third kappa shape index (κ3) is 5.84. The van der Waals surface area contributed by atoms with Crippen LogP contribution in [-0.4, -0.2) is 54.3 Å². The zero-order valence-corrected chi connectivity index (χ0v) is 21.1. The third-order valence-corrected chi connectivity index (χ3v) is 9.71. The number of allylic oxidation sites excluding steroid dienone is 2. The molecule has 6 bridgehead atoms. The van der Waals surface area contributed by atoms with E-state index in [1.165, 1.54) is 110 Å². The number of rotatable bonds is 0. The van der Waals surface area contributed by atoms with E-state index in [0.717, 1.165) is 31.2 Å². The predicted octanol–water partition coefficient (Wildman–Crippen LogP) is 6.40. The van der Waals surface area contributed by atoms with E-state index in [0.29, 0.717) is 23.7 Å². The zero-order chi connectivity index (χ0) is 22.5. The first-order valence-electron chi connectivity index (χ1n) is 14.6. The average Bonchev–Trinajstić information content (AvgIpc) is 2.82. The molecule has 3 nitrogen and oxygen atoms in total. The van der Waals surface area contributed by atoms with E-state index in [1.807, 2.05) is 0 Å². The summed E-state index contributed by atoms with van der Waals surface area (Å²) in [5.74, 6) is 3.13. The molecule has 0 aromatic rings. The van der Waals surface area contributed by atoms with Crippen molar-refractivity contribution in [1.82, 2.24) is 9.80 Å². The van der Waals surface area contributed by atoms with E-state index in [1.54, 1.807) is 5.57 Å². The smallest absolute Gasteiger partial charge is 0.138 e. The van der Waals surface area contributed by atoms with Crippen LogP contribution in [0.2, 0.25) is 0 Å². The van der Waals surface area contributed by atoms with Gasteiger partial charge in [0.1, 0.15) is 5.78 Å². The van der Waals surface area contributed by atoms with Gasteiger partial charge >= 0.3 is 0 Å². The molecule has 4 aliphatic heterocycles. The van der Waals surface area contributed by atoms with E-state index >= 15 is 0 Å². The van der Waals surface area contributed by atoms with Crippen molar-refractivity contribution >= 4 is 5.78 Å². The fraction of sp³-hybridized carbons (Fsp3) is 0.833. The van der Waals surface area contributed by atoms with Gasteiger partial charge in [-0.1, -0.05) is 55.9 Å². The lowest BCUT2D eigenvalue weighted by Gasteiger charge is -2.53. The van der Waals surface area contributed by atoms with E-state index < -0.39 is 0 Å². The summed E-state index contributed by atoms with van der Waals surface area (Å²) in [6, 6.07) is 0.536. The number of hydrogen-bond donors (Lipinski definition) is 0. The summed E-state index contributed by atoms with van der Waals surface area (Å²) < 4.78 is 0. The van der Waals surface area contributed by atoms with Crippen LogP contribution < -0.4 is 0 Å². The van der Waals surface area contributed by atoms with Gasteiger partial charge < -0.3 is 0 Å². The molecule has 6 atom stereocenters. The first-order valence-corrected chi connectivity index (χ1v) is 14.6. The second-order valence-corrected chi connectivity index (χ2v) is 11.9. The van der Waals surface area contributed by atoms with Crippen LogP contribution in [0.4, 0.5) is 0 Å². The molecule has 2 saturated heterocycles. The van der Waals surface area contributed by atoms with Crippen LogP contribution in [0, 0.1) is 23.7 Å². The van der Waals surface area contributed by atoms with Crippen LogP contribution >= 0.6 is 0 Å². The van der Waals surface area contributed by atoms with Gasteiger partial charge in [-0.3, -0.25) is 14.6 Å². The molecule has 2 fully saturated rings. The molecule has 33 heavy (non-hydrogen) atoms. The highest BCUT2D eigenvalue weighted by Gasteiger charge is 2.48. The molecule has 0 spiro atoms. The Kier molecular flexibility index (Phi) is 8.41. The summed E-state index contributed by atoms with van der Waals surface area (Å²) in [7, 11) is 0. The van der Waals surface area contributed by atoms with E-state index in [9.17, 15) is 4.79 Å². The summed E-state index contributed by atoms with van der Waals surface area (Å²) in [4.78, 5) is 18.8. The molecule has 3 heteroatoms. The van der Waals surface area contributed by atoms with Crippen molar-refractivity contribution in [1.29, 1.82) is 0 Å². The number of carbonyl (C=O) groups excluding carboxylic acids is 1. The molecule has 0 aromatic heterocycles. The second kappa shape index (κ2) is 11.7. The van der Waals surface area contributed by atoms with Crippen LogP contribution in [-0.2, 0) is 4.79 Å². The molecule has 0 radical (unpaired) electrons. The summed E-state index contributed by atoms with van der Waals surface area (Å²) in [5, 5.41) is 0. The number of ketones is 1. The van der Waals surface area contributed by atoms with Crippen molar-refractivity contribution in [2.45, 2.75) is 102 Å². The Bertz CT molecular complexity index is 712. The van der Waals surface area contributed by atoms with Gasteiger partial charge in [0.25, 0.3) is 0 Å². The van der Waals surface area contributed by atoms with E-state index in [2.05, 4.69) is 28.0 Å². The van der Waals surface area contributed by atoms with Gasteiger partial charge in [0.05, 0.1) is 0 Å². The minimum Gasteiger partial charge on any atom is -0.299 e. The van der Waals surface area contributed by atoms with Crippen LogP contribution in [0.15, 0.2) is 23.8 Å². The lowest BCUT2D eigenvalue weighted by atomic mass is 9.64. The largest absolute Gasteiger partial charge is 0.299 e. The van der Waals surface area contributed by atoms with Crippen LogP contribution in [0.1, 0.15) is 96.3 Å². The van der Waals surface area contributed by atoms with Gasteiger partial charge in [-0.15, -0.1) is 0 Å². The van der Waals surface area contributed by atoms with Crippen molar-refractivity contribution in [2.75, 3.05) is 32.7 Å². The predicted molar refractivity (Wildman–Crippen MR) is 137 cm³/mol. The molecule has 184 valence electrons. The standard InChI is InChI=1S/C30H48N2O/c33-29-17-20-32-19-16-26-25-21-24-13-9-6-7-11-15-28(29)30(32)27(26)14-10-5-3-1-2-4-8-12-18-31(22-24)23-25/h2,4,21,25-28,30H,1,3,5-20,22-23H2/b4-2-/t25?,26-,27-,28-,30+/m0/s1. The molecule has 1 aliphatic carbocycles. The Morgan fingerprint density at radius 2 is 1.55 bits per heavy atom.